The van der Waals surface area contributed by atoms with Gasteiger partial charge in [-0.25, -0.2) is 0 Å². The van der Waals surface area contributed by atoms with Gasteiger partial charge in [0.1, 0.15) is 17.3 Å². The Balaban J connectivity index is 2.27. The van der Waals surface area contributed by atoms with Crippen molar-refractivity contribution in [3.63, 3.8) is 0 Å². The minimum Gasteiger partial charge on any atom is -0.507 e. The van der Waals surface area contributed by atoms with Gasteiger partial charge >= 0.3 is 0 Å². The molecule has 3 rings (SSSR count). The molecule has 1 saturated heterocycles. The van der Waals surface area contributed by atoms with Crippen LogP contribution in [0.2, 0.25) is 0 Å². The number of aliphatic hydroxyl groups excluding tert-OH is 1. The van der Waals surface area contributed by atoms with Crippen LogP contribution >= 0.6 is 0 Å². The Kier molecular flexibility index (Phi) is 5.92. The summed E-state index contributed by atoms with van der Waals surface area (Å²) in [5.41, 5.74) is 1.11. The van der Waals surface area contributed by atoms with E-state index in [0.717, 1.165) is 0 Å². The largest absolute Gasteiger partial charge is 0.507 e. The molecule has 1 atom stereocenters. The highest BCUT2D eigenvalue weighted by atomic mass is 16.5. The van der Waals surface area contributed by atoms with Crippen LogP contribution in [0.15, 0.2) is 54.1 Å². The minimum absolute atomic E-state index is 0.0494. The summed E-state index contributed by atoms with van der Waals surface area (Å²) in [5.74, 6) is -0.344. The van der Waals surface area contributed by atoms with Gasteiger partial charge in [0.15, 0.2) is 0 Å². The Morgan fingerprint density at radius 2 is 1.76 bits per heavy atom. The molecule has 29 heavy (non-hydrogen) atoms. The number of likely N-dealkylation sites (tertiary alicyclic amines) is 1. The van der Waals surface area contributed by atoms with Crippen molar-refractivity contribution in [1.82, 2.24) is 4.90 Å². The second-order valence-electron chi connectivity index (χ2n) is 7.32. The number of methoxy groups -OCH3 is 2. The number of carbonyl (C=O) groups excluding carboxylic acids is 2. The van der Waals surface area contributed by atoms with Gasteiger partial charge in [0, 0.05) is 17.7 Å². The normalized spacial score (nSPS) is 18.4. The number of Topliss-reactive ketones (excluding diaryl/α,β-unsaturated/α-hetero) is 1. The van der Waals surface area contributed by atoms with Crippen molar-refractivity contribution in [2.45, 2.75) is 19.9 Å². The minimum atomic E-state index is -0.775. The Morgan fingerprint density at radius 3 is 2.34 bits per heavy atom. The summed E-state index contributed by atoms with van der Waals surface area (Å²) in [7, 11) is 3.07. The van der Waals surface area contributed by atoms with Crippen molar-refractivity contribution in [2.24, 2.45) is 5.92 Å². The smallest absolute Gasteiger partial charge is 0.295 e. The van der Waals surface area contributed by atoms with Gasteiger partial charge in [-0.3, -0.25) is 9.59 Å². The molecule has 2 aromatic carbocycles. The lowest BCUT2D eigenvalue weighted by molar-refractivity contribution is -0.140. The van der Waals surface area contributed by atoms with E-state index in [9.17, 15) is 14.7 Å². The number of nitrogens with zero attached hydrogens (tertiary/aromatic N) is 1. The number of rotatable bonds is 6. The Bertz CT molecular complexity index is 949. The summed E-state index contributed by atoms with van der Waals surface area (Å²) in [6.45, 7) is 4.30. The molecule has 1 aliphatic heterocycles. The Labute approximate surface area is 170 Å². The lowest BCUT2D eigenvalue weighted by atomic mass is 9.94. The second-order valence-corrected chi connectivity index (χ2v) is 7.32. The molecule has 0 saturated carbocycles. The standard InChI is InChI=1S/C23H25NO5/c1-14(2)13-24-20(17-12-16(28-3)10-11-18(17)29-4)19(22(26)23(24)27)21(25)15-8-6-5-7-9-15/h5-12,14,20,25H,13H2,1-4H3/b21-19-. The first-order chi connectivity index (χ1) is 13.9. The van der Waals surface area contributed by atoms with E-state index in [4.69, 9.17) is 9.47 Å². The molecule has 1 heterocycles. The predicted octanol–water partition coefficient (Wildman–Crippen LogP) is 3.78. The molecule has 6 nitrogen and oxygen atoms in total. The number of amides is 1. The van der Waals surface area contributed by atoms with E-state index in [1.54, 1.807) is 49.6 Å². The number of hydrogen-bond acceptors (Lipinski definition) is 5. The van der Waals surface area contributed by atoms with E-state index in [1.807, 2.05) is 19.9 Å². The summed E-state index contributed by atoms with van der Waals surface area (Å²) in [4.78, 5) is 27.4. The first-order valence-corrected chi connectivity index (χ1v) is 9.44. The summed E-state index contributed by atoms with van der Waals surface area (Å²) in [6, 6.07) is 13.2. The highest BCUT2D eigenvalue weighted by Gasteiger charge is 2.47. The average Bonchev–Trinajstić information content (AvgIpc) is 2.97. The Hall–Kier alpha value is -3.28. The summed E-state index contributed by atoms with van der Waals surface area (Å²) in [6.07, 6.45) is 0. The molecule has 0 radical (unpaired) electrons. The summed E-state index contributed by atoms with van der Waals surface area (Å²) < 4.78 is 10.8. The molecule has 0 spiro atoms. The average molecular weight is 395 g/mol. The monoisotopic (exact) mass is 395 g/mol. The fourth-order valence-corrected chi connectivity index (χ4v) is 3.59. The quantitative estimate of drug-likeness (QED) is 0.458. The Morgan fingerprint density at radius 1 is 1.07 bits per heavy atom. The number of hydrogen-bond donors (Lipinski definition) is 1. The van der Waals surface area contributed by atoms with Gasteiger partial charge in [0.05, 0.1) is 25.8 Å². The fraction of sp³-hybridized carbons (Fsp3) is 0.304. The molecule has 0 bridgehead atoms. The van der Waals surface area contributed by atoms with E-state index in [-0.39, 0.29) is 17.3 Å². The van der Waals surface area contributed by atoms with Crippen LogP contribution in [0.5, 0.6) is 11.5 Å². The van der Waals surface area contributed by atoms with Gasteiger partial charge in [-0.05, 0) is 24.1 Å². The van der Waals surface area contributed by atoms with Crippen LogP contribution in [-0.4, -0.2) is 42.5 Å². The van der Waals surface area contributed by atoms with Crippen molar-refractivity contribution >= 4 is 17.4 Å². The molecule has 1 N–H and O–H groups in total. The highest BCUT2D eigenvalue weighted by molar-refractivity contribution is 6.46. The molecule has 6 heteroatoms. The van der Waals surface area contributed by atoms with E-state index < -0.39 is 17.7 Å². The third-order valence-electron chi connectivity index (χ3n) is 4.88. The van der Waals surface area contributed by atoms with Crippen molar-refractivity contribution in [3.05, 3.63) is 65.2 Å². The van der Waals surface area contributed by atoms with Gasteiger partial charge in [-0.2, -0.15) is 0 Å². The topological polar surface area (TPSA) is 76.1 Å². The maximum absolute atomic E-state index is 13.0. The first-order valence-electron chi connectivity index (χ1n) is 9.44. The van der Waals surface area contributed by atoms with Gasteiger partial charge in [0.2, 0.25) is 0 Å². The third kappa shape index (κ3) is 3.83. The molecule has 1 fully saturated rings. The first kappa shape index (κ1) is 20.5. The van der Waals surface area contributed by atoms with Gasteiger partial charge in [-0.15, -0.1) is 0 Å². The number of ketones is 1. The van der Waals surface area contributed by atoms with Crippen LogP contribution in [0, 0.1) is 5.92 Å². The van der Waals surface area contributed by atoms with Crippen LogP contribution in [-0.2, 0) is 9.59 Å². The van der Waals surface area contributed by atoms with Crippen molar-refractivity contribution in [2.75, 3.05) is 20.8 Å². The number of aliphatic hydroxyl groups is 1. The van der Waals surface area contributed by atoms with E-state index in [2.05, 4.69) is 0 Å². The van der Waals surface area contributed by atoms with Gasteiger partial charge < -0.3 is 19.5 Å². The van der Waals surface area contributed by atoms with Crippen LogP contribution in [0.25, 0.3) is 5.76 Å². The molecule has 1 aliphatic rings. The zero-order valence-corrected chi connectivity index (χ0v) is 17.0. The predicted molar refractivity (Wildman–Crippen MR) is 110 cm³/mol. The van der Waals surface area contributed by atoms with Gasteiger partial charge in [-0.1, -0.05) is 44.2 Å². The number of ether oxygens (including phenoxy) is 2. The van der Waals surface area contributed by atoms with Gasteiger partial charge in [0.25, 0.3) is 11.7 Å². The molecular weight excluding hydrogens is 370 g/mol. The molecule has 1 amide bonds. The van der Waals surface area contributed by atoms with Crippen molar-refractivity contribution < 1.29 is 24.2 Å². The lowest BCUT2D eigenvalue weighted by Crippen LogP contribution is -2.33. The molecule has 0 aromatic heterocycles. The van der Waals surface area contributed by atoms with Crippen molar-refractivity contribution in [1.29, 1.82) is 0 Å². The zero-order chi connectivity index (χ0) is 21.1. The zero-order valence-electron chi connectivity index (χ0n) is 17.0. The lowest BCUT2D eigenvalue weighted by Gasteiger charge is -2.28. The second kappa shape index (κ2) is 8.39. The maximum atomic E-state index is 13.0. The highest BCUT2D eigenvalue weighted by Crippen LogP contribution is 2.44. The van der Waals surface area contributed by atoms with E-state index in [1.165, 1.54) is 12.0 Å². The third-order valence-corrected chi connectivity index (χ3v) is 4.88. The molecule has 152 valence electrons. The van der Waals surface area contributed by atoms with E-state index in [0.29, 0.717) is 29.2 Å². The van der Waals surface area contributed by atoms with Crippen LogP contribution in [0.1, 0.15) is 31.0 Å². The fourth-order valence-electron chi connectivity index (χ4n) is 3.59. The number of carbonyl (C=O) groups is 2. The van der Waals surface area contributed by atoms with Crippen molar-refractivity contribution in [3.8, 4) is 11.5 Å². The molecular formula is C23H25NO5. The molecule has 2 aromatic rings. The summed E-state index contributed by atoms with van der Waals surface area (Å²) >= 11 is 0. The van der Waals surface area contributed by atoms with E-state index >= 15 is 0 Å². The van der Waals surface area contributed by atoms with Crippen LogP contribution < -0.4 is 9.47 Å². The SMILES string of the molecule is COc1ccc(OC)c(C2/C(=C(/O)c3ccccc3)C(=O)C(=O)N2CC(C)C)c1. The summed E-state index contributed by atoms with van der Waals surface area (Å²) in [5, 5.41) is 11.0. The molecule has 0 aliphatic carbocycles. The van der Waals surface area contributed by atoms with Crippen LogP contribution in [0.3, 0.4) is 0 Å². The van der Waals surface area contributed by atoms with Crippen LogP contribution in [0.4, 0.5) is 0 Å². The molecule has 1 unspecified atom stereocenters. The number of benzene rings is 2. The maximum Gasteiger partial charge on any atom is 0.295 e.